The van der Waals surface area contributed by atoms with E-state index in [4.69, 9.17) is 19.4 Å². The Kier molecular flexibility index (Phi) is 9.22. The number of aryl methyl sites for hydroxylation is 1. The maximum atomic E-state index is 15.6. The first-order valence-electron chi connectivity index (χ1n) is 22.0. The molecule has 0 bridgehead atoms. The number of para-hydroxylation sites is 1. The van der Waals surface area contributed by atoms with Crippen LogP contribution >= 0.6 is 0 Å². The normalized spacial score (nSPS) is 22.8. The maximum Gasteiger partial charge on any atom is 0.343 e. The summed E-state index contributed by atoms with van der Waals surface area (Å²) in [5.41, 5.74) is 4.93. The van der Waals surface area contributed by atoms with Crippen molar-refractivity contribution in [3.05, 3.63) is 125 Å². The zero-order valence-electron chi connectivity index (χ0n) is 36.3. The van der Waals surface area contributed by atoms with Crippen molar-refractivity contribution < 1.29 is 34.0 Å². The number of benzene rings is 2. The molecule has 328 valence electrons. The molecule has 0 amide bonds. The summed E-state index contributed by atoms with van der Waals surface area (Å²) in [7, 11) is 0.641. The van der Waals surface area contributed by atoms with Crippen molar-refractivity contribution in [2.75, 3.05) is 6.54 Å². The number of aliphatic hydroxyl groups excluding tert-OH is 1. The summed E-state index contributed by atoms with van der Waals surface area (Å²) in [4.78, 5) is 51.4. The molecule has 4 aliphatic heterocycles. The number of cyclic esters (lactones) is 1. The van der Waals surface area contributed by atoms with Gasteiger partial charge in [0.25, 0.3) is 11.1 Å². The number of rotatable bonds is 7. The largest absolute Gasteiger partial charge is 0.458 e. The minimum atomic E-state index is -2.00. The first-order chi connectivity index (χ1) is 30.5. The van der Waals surface area contributed by atoms with Gasteiger partial charge in [-0.2, -0.15) is 0 Å². The summed E-state index contributed by atoms with van der Waals surface area (Å²) in [5.74, 6) is -1.21. The van der Waals surface area contributed by atoms with Gasteiger partial charge >= 0.3 is 5.97 Å². The Labute approximate surface area is 369 Å². The minimum Gasteiger partial charge on any atom is -0.458 e. The fourth-order valence-corrected chi connectivity index (χ4v) is 12.0. The van der Waals surface area contributed by atoms with Gasteiger partial charge in [-0.3, -0.25) is 9.59 Å². The lowest BCUT2D eigenvalue weighted by Crippen LogP contribution is -2.49. The highest BCUT2D eigenvalue weighted by Crippen LogP contribution is 2.47. The van der Waals surface area contributed by atoms with Gasteiger partial charge in [-0.15, -0.1) is 0 Å². The monoisotopic (exact) mass is 881 g/mol. The molecule has 0 saturated carbocycles. The van der Waals surface area contributed by atoms with Crippen molar-refractivity contribution in [3.8, 4) is 22.8 Å². The molecule has 64 heavy (non-hydrogen) atoms. The number of hydrogen-bond acceptors (Lipinski definition) is 11. The van der Waals surface area contributed by atoms with Crippen LogP contribution in [0.3, 0.4) is 0 Å². The molecule has 5 aliphatic rings. The molecular weight excluding hydrogens is 834 g/mol. The van der Waals surface area contributed by atoms with E-state index < -0.39 is 34.8 Å². The molecule has 0 spiro atoms. The molecule has 0 saturated heterocycles. The van der Waals surface area contributed by atoms with Gasteiger partial charge in [0.15, 0.2) is 11.9 Å². The number of nitrogens with one attached hydrogen (secondary N) is 1. The molecule has 4 N–H and O–H groups in total. The van der Waals surface area contributed by atoms with E-state index in [1.165, 1.54) is 11.6 Å². The summed E-state index contributed by atoms with van der Waals surface area (Å²) in [6.45, 7) is 10.3. The standard InChI is InChI=1S/C49H48FN5O8Si/c1-6-48(60)31-15-38-42-27(19-55(38)43(56)28(31)20-62-45(48)58)40-35(12-11-24-23(2)33(50)17-36(53-42)39(24)40)51-14-13-49(61)32-16-37-41-26(18-54(37)44(57)29(32)21-63-46(49)59)30(22-64-47(3,4)5)25-9-7-8-10-34(25)52-41/h7-10,15-17,35,46,51,59-61H,6,11-14,18-22H2,1-5H3/t35?,46?,48-,49-/m0/s1. The number of carbonyl (C=O) groups excluding carboxylic acids is 1. The number of ether oxygens (including phenoxy) is 2. The van der Waals surface area contributed by atoms with Crippen LogP contribution in [0.15, 0.2) is 52.1 Å². The average Bonchev–Trinajstić information content (AvgIpc) is 3.83. The molecule has 13 nitrogen and oxygen atoms in total. The van der Waals surface area contributed by atoms with Crippen molar-refractivity contribution in [1.82, 2.24) is 24.4 Å². The highest BCUT2D eigenvalue weighted by atomic mass is 28.2. The molecule has 0 fully saturated rings. The summed E-state index contributed by atoms with van der Waals surface area (Å²) in [5, 5.41) is 41.1. The van der Waals surface area contributed by atoms with Crippen LogP contribution in [0.4, 0.5) is 4.39 Å². The maximum absolute atomic E-state index is 15.6. The fourth-order valence-electron chi connectivity index (χ4n) is 10.9. The predicted molar refractivity (Wildman–Crippen MR) is 237 cm³/mol. The number of fused-ring (bicyclic) bond motifs is 10. The Balaban J connectivity index is 0.966. The Hall–Kier alpha value is -5.42. The summed E-state index contributed by atoms with van der Waals surface area (Å²) in [6, 6.07) is 13.4. The third-order valence-electron chi connectivity index (χ3n) is 14.4. The van der Waals surface area contributed by atoms with E-state index in [-0.39, 0.29) is 72.5 Å². The van der Waals surface area contributed by atoms with Crippen LogP contribution in [0.25, 0.3) is 44.6 Å². The Morgan fingerprint density at radius 1 is 0.906 bits per heavy atom. The van der Waals surface area contributed by atoms with Gasteiger partial charge in [-0.1, -0.05) is 45.9 Å². The van der Waals surface area contributed by atoms with Gasteiger partial charge < -0.3 is 39.2 Å². The number of halogens is 1. The molecule has 15 heteroatoms. The minimum absolute atomic E-state index is 0.000954. The average molecular weight is 882 g/mol. The molecule has 11 rings (SSSR count). The summed E-state index contributed by atoms with van der Waals surface area (Å²) >= 11 is 0. The SMILES string of the molecule is CC[C@@]1(O)C(=O)OCc2c1cc1n(c2=O)Cc2c-1nc1cc(F)c(C)c3c1c2C(NCC[C@]1(O)c2cc4n(c(=O)c2COC1O)Cc1c-4nc2ccccc2c1C[Si]C(C)(C)C)CC3. The van der Waals surface area contributed by atoms with Crippen LogP contribution in [0.5, 0.6) is 0 Å². The van der Waals surface area contributed by atoms with Gasteiger partial charge in [0, 0.05) is 60.2 Å². The van der Waals surface area contributed by atoms with E-state index in [1.807, 2.05) is 24.3 Å². The Morgan fingerprint density at radius 3 is 2.31 bits per heavy atom. The van der Waals surface area contributed by atoms with Gasteiger partial charge in [0.2, 0.25) is 0 Å². The van der Waals surface area contributed by atoms with E-state index >= 15 is 4.39 Å². The van der Waals surface area contributed by atoms with Crippen molar-refractivity contribution in [3.63, 3.8) is 0 Å². The Bertz CT molecular complexity index is 3200. The van der Waals surface area contributed by atoms with Crippen LogP contribution < -0.4 is 16.4 Å². The van der Waals surface area contributed by atoms with Crippen molar-refractivity contribution in [2.45, 2.75) is 121 Å². The second kappa shape index (κ2) is 14.3. The lowest BCUT2D eigenvalue weighted by Gasteiger charge is -2.39. The number of nitrogens with zero attached hydrogens (tertiary/aromatic N) is 4. The van der Waals surface area contributed by atoms with E-state index in [0.717, 1.165) is 44.6 Å². The first kappa shape index (κ1) is 41.3. The lowest BCUT2D eigenvalue weighted by atomic mass is 9.81. The second-order valence-electron chi connectivity index (χ2n) is 19.0. The second-order valence-corrected chi connectivity index (χ2v) is 21.3. The molecule has 2 aromatic carbocycles. The summed E-state index contributed by atoms with van der Waals surface area (Å²) in [6.07, 6.45) is -0.564. The van der Waals surface area contributed by atoms with Crippen molar-refractivity contribution in [2.24, 2.45) is 0 Å². The fraction of sp³-hybridized carbons (Fsp3) is 0.408. The molecule has 4 atom stereocenters. The van der Waals surface area contributed by atoms with Crippen LogP contribution in [0, 0.1) is 12.7 Å². The lowest BCUT2D eigenvalue weighted by molar-refractivity contribution is -0.237. The molecule has 6 aromatic rings. The third kappa shape index (κ3) is 5.87. The quantitative estimate of drug-likeness (QED) is 0.119. The summed E-state index contributed by atoms with van der Waals surface area (Å²) < 4.78 is 29.9. The number of hydrogen-bond donors (Lipinski definition) is 4. The van der Waals surface area contributed by atoms with Crippen LogP contribution in [0.1, 0.15) is 109 Å². The van der Waals surface area contributed by atoms with Gasteiger partial charge in [0.1, 0.15) is 18.0 Å². The number of aliphatic hydroxyl groups is 3. The van der Waals surface area contributed by atoms with Gasteiger partial charge in [-0.25, -0.2) is 19.2 Å². The van der Waals surface area contributed by atoms with E-state index in [1.54, 1.807) is 29.0 Å². The van der Waals surface area contributed by atoms with Crippen LogP contribution in [-0.2, 0) is 64.2 Å². The zero-order valence-corrected chi connectivity index (χ0v) is 37.3. The molecule has 1 aliphatic carbocycles. The van der Waals surface area contributed by atoms with Crippen LogP contribution in [0.2, 0.25) is 5.04 Å². The van der Waals surface area contributed by atoms with Crippen LogP contribution in [-0.4, -0.2) is 62.7 Å². The first-order valence-corrected chi connectivity index (χ1v) is 23.2. The topological polar surface area (TPSA) is 178 Å². The molecule has 2 radical (unpaired) electrons. The van der Waals surface area contributed by atoms with Crippen molar-refractivity contribution >= 4 is 37.3 Å². The highest BCUT2D eigenvalue weighted by Gasteiger charge is 2.48. The molecule has 8 heterocycles. The van der Waals surface area contributed by atoms with Gasteiger partial charge in [0.05, 0.1) is 59.1 Å². The number of esters is 1. The van der Waals surface area contributed by atoms with E-state index in [2.05, 4.69) is 32.2 Å². The van der Waals surface area contributed by atoms with E-state index in [9.17, 15) is 29.7 Å². The zero-order chi connectivity index (χ0) is 44.8. The molecule has 4 aromatic heterocycles. The number of pyridine rings is 4. The third-order valence-corrected chi connectivity index (χ3v) is 16.0. The van der Waals surface area contributed by atoms with E-state index in [0.29, 0.717) is 68.3 Å². The Morgan fingerprint density at radius 2 is 1.58 bits per heavy atom. The number of aromatic nitrogens is 4. The van der Waals surface area contributed by atoms with Gasteiger partial charge in [-0.05, 0) is 90.7 Å². The molecular formula is C49H48FN5O8Si. The predicted octanol–water partition coefficient (Wildman–Crippen LogP) is 5.39. The molecule has 2 unspecified atom stereocenters. The number of carbonyl (C=O) groups is 1. The van der Waals surface area contributed by atoms with Crippen molar-refractivity contribution in [1.29, 1.82) is 0 Å². The smallest absolute Gasteiger partial charge is 0.343 e. The highest BCUT2D eigenvalue weighted by molar-refractivity contribution is 6.39.